The number of carbonyl (C=O) groups is 1. The van der Waals surface area contributed by atoms with Crippen LogP contribution in [0.25, 0.3) is 0 Å². The fourth-order valence-corrected chi connectivity index (χ4v) is 1.71. The Morgan fingerprint density at radius 2 is 2.14 bits per heavy atom. The quantitative estimate of drug-likeness (QED) is 0.685. The molecule has 1 fully saturated rings. The summed E-state index contributed by atoms with van der Waals surface area (Å²) < 4.78 is 4.78. The minimum atomic E-state index is -0.120. The van der Waals surface area contributed by atoms with E-state index in [0.717, 1.165) is 6.42 Å². The molecule has 0 amide bonds. The number of esters is 1. The molecule has 3 nitrogen and oxygen atoms in total. The lowest BCUT2D eigenvalue weighted by Gasteiger charge is -2.31. The zero-order chi connectivity index (χ0) is 10.6. The molecule has 0 aromatic rings. The van der Waals surface area contributed by atoms with E-state index in [2.05, 4.69) is 19.2 Å². The number of ether oxygens (including phenoxy) is 1. The molecule has 0 aromatic carbocycles. The van der Waals surface area contributed by atoms with Crippen LogP contribution in [-0.2, 0) is 9.53 Å². The van der Waals surface area contributed by atoms with Gasteiger partial charge in [0.25, 0.3) is 0 Å². The summed E-state index contributed by atoms with van der Waals surface area (Å²) in [6.45, 7) is 4.25. The average molecular weight is 199 g/mol. The van der Waals surface area contributed by atoms with Crippen molar-refractivity contribution in [2.75, 3.05) is 7.11 Å². The highest BCUT2D eigenvalue weighted by Crippen LogP contribution is 2.20. The third kappa shape index (κ3) is 3.29. The van der Waals surface area contributed by atoms with Gasteiger partial charge >= 0.3 is 5.97 Å². The first-order valence-corrected chi connectivity index (χ1v) is 5.47. The Hall–Kier alpha value is -0.570. The van der Waals surface area contributed by atoms with Crippen LogP contribution in [0.3, 0.4) is 0 Å². The third-order valence-corrected chi connectivity index (χ3v) is 2.73. The lowest BCUT2D eigenvalue weighted by atomic mass is 9.91. The predicted octanol–water partition coefficient (Wildman–Crippen LogP) is 1.72. The molecule has 0 radical (unpaired) electrons. The maximum Gasteiger partial charge on any atom is 0.322 e. The topological polar surface area (TPSA) is 38.3 Å². The largest absolute Gasteiger partial charge is 0.468 e. The number of carbonyl (C=O) groups excluding carboxylic acids is 1. The summed E-state index contributed by atoms with van der Waals surface area (Å²) in [4.78, 5) is 11.4. The predicted molar refractivity (Wildman–Crippen MR) is 56.0 cm³/mol. The molecule has 14 heavy (non-hydrogen) atoms. The molecule has 0 aromatic heterocycles. The minimum Gasteiger partial charge on any atom is -0.468 e. The molecule has 0 spiro atoms. The molecule has 1 saturated carbocycles. The maximum absolute atomic E-state index is 11.4. The van der Waals surface area contributed by atoms with Crippen molar-refractivity contribution in [2.24, 2.45) is 5.92 Å². The van der Waals surface area contributed by atoms with Crippen molar-refractivity contribution in [3.05, 3.63) is 0 Å². The number of rotatable bonds is 5. The first-order chi connectivity index (χ1) is 6.63. The molecule has 0 bridgehead atoms. The van der Waals surface area contributed by atoms with Crippen LogP contribution in [0.2, 0.25) is 0 Å². The molecule has 1 aliphatic carbocycles. The van der Waals surface area contributed by atoms with Crippen LogP contribution in [0, 0.1) is 5.92 Å². The van der Waals surface area contributed by atoms with Crippen molar-refractivity contribution in [3.63, 3.8) is 0 Å². The first-order valence-electron chi connectivity index (χ1n) is 5.47. The van der Waals surface area contributed by atoms with Gasteiger partial charge in [-0.25, -0.2) is 0 Å². The van der Waals surface area contributed by atoms with Crippen LogP contribution < -0.4 is 5.32 Å². The summed E-state index contributed by atoms with van der Waals surface area (Å²) in [5.41, 5.74) is 0. The summed E-state index contributed by atoms with van der Waals surface area (Å²) >= 11 is 0. The average Bonchev–Trinajstić information content (AvgIpc) is 2.07. The van der Waals surface area contributed by atoms with Crippen molar-refractivity contribution in [1.29, 1.82) is 0 Å². The van der Waals surface area contributed by atoms with Crippen LogP contribution in [0.1, 0.15) is 39.5 Å². The van der Waals surface area contributed by atoms with Gasteiger partial charge < -0.3 is 10.1 Å². The van der Waals surface area contributed by atoms with Gasteiger partial charge in [0.2, 0.25) is 0 Å². The van der Waals surface area contributed by atoms with E-state index in [0.29, 0.717) is 12.0 Å². The van der Waals surface area contributed by atoms with Gasteiger partial charge in [0, 0.05) is 6.04 Å². The number of nitrogens with one attached hydrogen (secondary N) is 1. The van der Waals surface area contributed by atoms with E-state index >= 15 is 0 Å². The molecule has 0 heterocycles. The van der Waals surface area contributed by atoms with Crippen LogP contribution in [0.4, 0.5) is 0 Å². The molecule has 0 saturated heterocycles. The van der Waals surface area contributed by atoms with E-state index in [1.54, 1.807) is 0 Å². The Bertz CT molecular complexity index is 188. The standard InChI is InChI=1S/C11H21NO2/c1-8(2)7-10(11(13)14-3)12-9-5-4-6-9/h8-10,12H,4-7H2,1-3H3. The molecule has 1 rings (SSSR count). The Labute approximate surface area is 86.2 Å². The van der Waals surface area contributed by atoms with Gasteiger partial charge in [-0.05, 0) is 25.2 Å². The molecular formula is C11H21NO2. The second-order valence-electron chi connectivity index (χ2n) is 4.50. The van der Waals surface area contributed by atoms with Gasteiger partial charge in [-0.3, -0.25) is 4.79 Å². The fourth-order valence-electron chi connectivity index (χ4n) is 1.71. The molecule has 1 N–H and O–H groups in total. The molecule has 0 aliphatic heterocycles. The normalized spacial score (nSPS) is 19.1. The SMILES string of the molecule is COC(=O)C(CC(C)C)NC1CCC1. The summed E-state index contributed by atoms with van der Waals surface area (Å²) in [6.07, 6.45) is 4.55. The van der Waals surface area contributed by atoms with E-state index < -0.39 is 0 Å². The number of hydrogen-bond acceptors (Lipinski definition) is 3. The van der Waals surface area contributed by atoms with Gasteiger partial charge in [-0.2, -0.15) is 0 Å². The van der Waals surface area contributed by atoms with Gasteiger partial charge in [-0.15, -0.1) is 0 Å². The van der Waals surface area contributed by atoms with Crippen molar-refractivity contribution >= 4 is 5.97 Å². The maximum atomic E-state index is 11.4. The van der Waals surface area contributed by atoms with Crippen LogP contribution >= 0.6 is 0 Å². The van der Waals surface area contributed by atoms with Gasteiger partial charge in [0.1, 0.15) is 6.04 Å². The van der Waals surface area contributed by atoms with Gasteiger partial charge in [0.05, 0.1) is 7.11 Å². The van der Waals surface area contributed by atoms with Gasteiger partial charge in [0.15, 0.2) is 0 Å². The molecule has 1 atom stereocenters. The number of methoxy groups -OCH3 is 1. The second kappa shape index (κ2) is 5.35. The Morgan fingerprint density at radius 1 is 1.50 bits per heavy atom. The second-order valence-corrected chi connectivity index (χ2v) is 4.50. The highest BCUT2D eigenvalue weighted by molar-refractivity contribution is 5.75. The van der Waals surface area contributed by atoms with Crippen molar-refractivity contribution < 1.29 is 9.53 Å². The Morgan fingerprint density at radius 3 is 2.50 bits per heavy atom. The van der Waals surface area contributed by atoms with Crippen molar-refractivity contribution in [1.82, 2.24) is 5.32 Å². The molecular weight excluding hydrogens is 178 g/mol. The van der Waals surface area contributed by atoms with Gasteiger partial charge in [-0.1, -0.05) is 20.3 Å². The minimum absolute atomic E-state index is 0.106. The molecule has 1 aliphatic rings. The zero-order valence-corrected chi connectivity index (χ0v) is 9.38. The molecule has 1 unspecified atom stereocenters. The van der Waals surface area contributed by atoms with E-state index in [9.17, 15) is 4.79 Å². The smallest absolute Gasteiger partial charge is 0.322 e. The Kier molecular flexibility index (Phi) is 4.39. The zero-order valence-electron chi connectivity index (χ0n) is 9.38. The Balaban J connectivity index is 2.38. The summed E-state index contributed by atoms with van der Waals surface area (Å²) in [7, 11) is 1.46. The van der Waals surface area contributed by atoms with E-state index in [4.69, 9.17) is 4.74 Å². The van der Waals surface area contributed by atoms with E-state index in [-0.39, 0.29) is 12.0 Å². The lowest BCUT2D eigenvalue weighted by Crippen LogP contribution is -2.47. The molecule has 82 valence electrons. The summed E-state index contributed by atoms with van der Waals surface area (Å²) in [5.74, 6) is 0.400. The molecule has 3 heteroatoms. The fraction of sp³-hybridized carbons (Fsp3) is 0.909. The highest BCUT2D eigenvalue weighted by Gasteiger charge is 2.26. The van der Waals surface area contributed by atoms with Crippen LogP contribution in [0.5, 0.6) is 0 Å². The first kappa shape index (κ1) is 11.5. The van der Waals surface area contributed by atoms with Crippen LogP contribution in [0.15, 0.2) is 0 Å². The highest BCUT2D eigenvalue weighted by atomic mass is 16.5. The number of hydrogen-bond donors (Lipinski definition) is 1. The van der Waals surface area contributed by atoms with Crippen molar-refractivity contribution in [2.45, 2.75) is 51.6 Å². The van der Waals surface area contributed by atoms with Crippen LogP contribution in [-0.4, -0.2) is 25.2 Å². The lowest BCUT2D eigenvalue weighted by molar-refractivity contribution is -0.144. The van der Waals surface area contributed by atoms with Crippen molar-refractivity contribution in [3.8, 4) is 0 Å². The van der Waals surface area contributed by atoms with E-state index in [1.807, 2.05) is 0 Å². The third-order valence-electron chi connectivity index (χ3n) is 2.73. The summed E-state index contributed by atoms with van der Waals surface area (Å²) in [5, 5.41) is 3.36. The van der Waals surface area contributed by atoms with E-state index in [1.165, 1.54) is 26.4 Å². The summed E-state index contributed by atoms with van der Waals surface area (Å²) in [6, 6.07) is 0.433. The monoisotopic (exact) mass is 199 g/mol.